The van der Waals surface area contributed by atoms with Crippen molar-refractivity contribution in [3.63, 3.8) is 0 Å². The summed E-state index contributed by atoms with van der Waals surface area (Å²) in [6.07, 6.45) is 0.459. The molecule has 5 nitrogen and oxygen atoms in total. The number of nitrogens with one attached hydrogen (secondary N) is 1. The number of Topliss-reactive ketones (excluding diaryl/α,β-unsaturated/α-hetero) is 1. The molecule has 130 valence electrons. The van der Waals surface area contributed by atoms with Crippen molar-refractivity contribution in [2.24, 2.45) is 0 Å². The van der Waals surface area contributed by atoms with E-state index in [0.29, 0.717) is 12.0 Å². The first kappa shape index (κ1) is 18.4. The number of rotatable bonds is 9. The maximum absolute atomic E-state index is 12.2. The quantitative estimate of drug-likeness (QED) is 0.686. The molecule has 5 heteroatoms. The van der Waals surface area contributed by atoms with Gasteiger partial charge in [-0.1, -0.05) is 60.7 Å². The van der Waals surface area contributed by atoms with Gasteiger partial charge in [0.1, 0.15) is 0 Å². The molecular weight excluding hydrogens is 318 g/mol. The minimum atomic E-state index is -0.908. The fourth-order valence-electron chi connectivity index (χ4n) is 2.54. The van der Waals surface area contributed by atoms with Gasteiger partial charge in [0.25, 0.3) is 0 Å². The summed E-state index contributed by atoms with van der Waals surface area (Å²) in [6, 6.07) is 17.7. The van der Waals surface area contributed by atoms with Crippen LogP contribution in [0.25, 0.3) is 0 Å². The van der Waals surface area contributed by atoms with E-state index in [4.69, 9.17) is 5.11 Å². The van der Waals surface area contributed by atoms with Gasteiger partial charge in [0.2, 0.25) is 5.91 Å². The van der Waals surface area contributed by atoms with Gasteiger partial charge < -0.3 is 10.4 Å². The summed E-state index contributed by atoms with van der Waals surface area (Å²) < 4.78 is 0. The molecule has 0 aliphatic rings. The third-order valence-corrected chi connectivity index (χ3v) is 3.86. The second kappa shape index (κ2) is 9.37. The van der Waals surface area contributed by atoms with Crippen LogP contribution in [0.3, 0.4) is 0 Å². The second-order valence-electron chi connectivity index (χ2n) is 5.75. The van der Waals surface area contributed by atoms with E-state index >= 15 is 0 Å². The summed E-state index contributed by atoms with van der Waals surface area (Å²) in [4.78, 5) is 35.1. The van der Waals surface area contributed by atoms with Crippen LogP contribution in [0.15, 0.2) is 60.7 Å². The smallest absolute Gasteiger partial charge is 0.303 e. The first-order chi connectivity index (χ1) is 12.1. The Morgan fingerprint density at radius 1 is 0.840 bits per heavy atom. The number of benzene rings is 2. The summed E-state index contributed by atoms with van der Waals surface area (Å²) in [6.45, 7) is 0. The van der Waals surface area contributed by atoms with Crippen molar-refractivity contribution in [3.05, 3.63) is 71.8 Å². The summed E-state index contributed by atoms with van der Waals surface area (Å²) in [5, 5.41) is 11.7. The Balaban J connectivity index is 1.92. The van der Waals surface area contributed by atoms with Crippen LogP contribution in [0.1, 0.15) is 47.6 Å². The lowest BCUT2D eigenvalue weighted by molar-refractivity contribution is -0.137. The molecule has 2 aromatic rings. The lowest BCUT2D eigenvalue weighted by Gasteiger charge is -2.18. The minimum absolute atomic E-state index is 0.0389. The maximum atomic E-state index is 12.2. The van der Waals surface area contributed by atoms with E-state index in [-0.39, 0.29) is 37.0 Å². The predicted molar refractivity (Wildman–Crippen MR) is 94.2 cm³/mol. The Labute approximate surface area is 146 Å². The highest BCUT2D eigenvalue weighted by Crippen LogP contribution is 2.18. The molecule has 1 amide bonds. The fraction of sp³-hybridized carbons (Fsp3) is 0.250. The van der Waals surface area contributed by atoms with Gasteiger partial charge in [-0.15, -0.1) is 0 Å². The van der Waals surface area contributed by atoms with Gasteiger partial charge in [0.05, 0.1) is 6.04 Å². The van der Waals surface area contributed by atoms with Gasteiger partial charge in [-0.2, -0.15) is 0 Å². The zero-order valence-electron chi connectivity index (χ0n) is 13.9. The molecule has 0 saturated heterocycles. The number of hydrogen-bond donors (Lipinski definition) is 2. The lowest BCUT2D eigenvalue weighted by Crippen LogP contribution is -2.29. The normalized spacial score (nSPS) is 11.5. The molecule has 0 aromatic heterocycles. The summed E-state index contributed by atoms with van der Waals surface area (Å²) in [7, 11) is 0. The zero-order valence-corrected chi connectivity index (χ0v) is 13.9. The van der Waals surface area contributed by atoms with Crippen LogP contribution in [0.4, 0.5) is 0 Å². The highest BCUT2D eigenvalue weighted by molar-refractivity contribution is 5.97. The maximum Gasteiger partial charge on any atom is 0.303 e. The largest absolute Gasteiger partial charge is 0.481 e. The highest BCUT2D eigenvalue weighted by Gasteiger charge is 2.17. The number of carboxylic acid groups (broad SMARTS) is 1. The van der Waals surface area contributed by atoms with Crippen molar-refractivity contribution in [3.8, 4) is 0 Å². The molecule has 1 atom stereocenters. The molecular formula is C20H21NO4. The molecule has 0 saturated carbocycles. The van der Waals surface area contributed by atoms with E-state index in [1.54, 1.807) is 24.3 Å². The number of hydrogen-bond acceptors (Lipinski definition) is 3. The highest BCUT2D eigenvalue weighted by atomic mass is 16.4. The van der Waals surface area contributed by atoms with E-state index in [2.05, 4.69) is 5.32 Å². The van der Waals surface area contributed by atoms with Crippen LogP contribution in [-0.2, 0) is 9.59 Å². The van der Waals surface area contributed by atoms with Crippen LogP contribution in [0.2, 0.25) is 0 Å². The Hall–Kier alpha value is -2.95. The topological polar surface area (TPSA) is 83.5 Å². The third-order valence-electron chi connectivity index (χ3n) is 3.86. The SMILES string of the molecule is O=C(O)CCC(NC(=O)CCC(=O)c1ccccc1)c1ccccc1. The number of carbonyl (C=O) groups excluding carboxylic acids is 2. The van der Waals surface area contributed by atoms with Gasteiger partial charge in [-0.25, -0.2) is 0 Å². The summed E-state index contributed by atoms with van der Waals surface area (Å²) in [5.41, 5.74) is 1.44. The number of aliphatic carboxylic acids is 1. The van der Waals surface area contributed by atoms with Gasteiger partial charge in [0, 0.05) is 24.8 Å². The number of carboxylic acids is 1. The number of carbonyl (C=O) groups is 3. The van der Waals surface area contributed by atoms with Gasteiger partial charge in [-0.05, 0) is 12.0 Å². The first-order valence-electron chi connectivity index (χ1n) is 8.20. The fourth-order valence-corrected chi connectivity index (χ4v) is 2.54. The van der Waals surface area contributed by atoms with E-state index in [1.165, 1.54) is 0 Å². The van der Waals surface area contributed by atoms with Gasteiger partial charge in [-0.3, -0.25) is 14.4 Å². The predicted octanol–water partition coefficient (Wildman–Crippen LogP) is 3.37. The van der Waals surface area contributed by atoms with Crippen molar-refractivity contribution in [2.45, 2.75) is 31.7 Å². The Kier molecular flexibility index (Phi) is 6.89. The van der Waals surface area contributed by atoms with Crippen LogP contribution in [-0.4, -0.2) is 22.8 Å². The Morgan fingerprint density at radius 2 is 1.44 bits per heavy atom. The van der Waals surface area contributed by atoms with Crippen molar-refractivity contribution in [2.75, 3.05) is 0 Å². The van der Waals surface area contributed by atoms with Crippen molar-refractivity contribution in [1.29, 1.82) is 0 Å². The van der Waals surface area contributed by atoms with Crippen LogP contribution in [0, 0.1) is 0 Å². The molecule has 0 heterocycles. The average molecular weight is 339 g/mol. The molecule has 0 spiro atoms. The number of ketones is 1. The molecule has 0 fully saturated rings. The van der Waals surface area contributed by atoms with Crippen molar-refractivity contribution < 1.29 is 19.5 Å². The van der Waals surface area contributed by atoms with E-state index < -0.39 is 5.97 Å². The molecule has 0 radical (unpaired) electrons. The van der Waals surface area contributed by atoms with Gasteiger partial charge in [0.15, 0.2) is 5.78 Å². The molecule has 1 unspecified atom stereocenters. The first-order valence-corrected chi connectivity index (χ1v) is 8.20. The monoisotopic (exact) mass is 339 g/mol. The Morgan fingerprint density at radius 3 is 2.04 bits per heavy atom. The van der Waals surface area contributed by atoms with Crippen LogP contribution in [0.5, 0.6) is 0 Å². The average Bonchev–Trinajstić information content (AvgIpc) is 2.64. The molecule has 25 heavy (non-hydrogen) atoms. The van der Waals surface area contributed by atoms with Crippen LogP contribution < -0.4 is 5.32 Å². The van der Waals surface area contributed by atoms with E-state index in [9.17, 15) is 14.4 Å². The zero-order chi connectivity index (χ0) is 18.1. The second-order valence-corrected chi connectivity index (χ2v) is 5.75. The van der Waals surface area contributed by atoms with Crippen molar-refractivity contribution >= 4 is 17.7 Å². The van der Waals surface area contributed by atoms with Crippen LogP contribution >= 0.6 is 0 Å². The lowest BCUT2D eigenvalue weighted by atomic mass is 10.0. The summed E-state index contributed by atoms with van der Waals surface area (Å²) in [5.74, 6) is -1.25. The van der Waals surface area contributed by atoms with E-state index in [1.807, 2.05) is 36.4 Å². The number of amides is 1. The molecule has 0 bridgehead atoms. The van der Waals surface area contributed by atoms with E-state index in [0.717, 1.165) is 5.56 Å². The van der Waals surface area contributed by atoms with Gasteiger partial charge >= 0.3 is 5.97 Å². The summed E-state index contributed by atoms with van der Waals surface area (Å²) >= 11 is 0. The van der Waals surface area contributed by atoms with Crippen molar-refractivity contribution in [1.82, 2.24) is 5.32 Å². The Bertz CT molecular complexity index is 713. The molecule has 0 aliphatic carbocycles. The molecule has 2 rings (SSSR count). The standard InChI is InChI=1S/C20H21NO4/c22-18(16-9-5-2-6-10-16)12-13-19(23)21-17(11-14-20(24)25)15-7-3-1-4-8-15/h1-10,17H,11-14H2,(H,21,23)(H,24,25). The molecule has 2 aromatic carbocycles. The molecule has 0 aliphatic heterocycles. The molecule has 2 N–H and O–H groups in total. The minimum Gasteiger partial charge on any atom is -0.481 e. The third kappa shape index (κ3) is 6.22.